The van der Waals surface area contributed by atoms with Crippen molar-refractivity contribution < 1.29 is 4.74 Å². The Morgan fingerprint density at radius 3 is 2.12 bits per heavy atom. The van der Waals surface area contributed by atoms with Crippen LogP contribution < -0.4 is 0 Å². The van der Waals surface area contributed by atoms with Gasteiger partial charge in [-0.2, -0.15) is 0 Å². The minimum atomic E-state index is 0.651. The van der Waals surface area contributed by atoms with E-state index in [0.717, 1.165) is 16.7 Å². The summed E-state index contributed by atoms with van der Waals surface area (Å²) in [5, 5.41) is 0. The van der Waals surface area contributed by atoms with Crippen molar-refractivity contribution in [2.45, 2.75) is 6.61 Å². The van der Waals surface area contributed by atoms with E-state index in [2.05, 4.69) is 43.0 Å². The van der Waals surface area contributed by atoms with Crippen LogP contribution in [0.5, 0.6) is 0 Å². The molecule has 17 heavy (non-hydrogen) atoms. The normalized spacial score (nSPS) is 10.2. The first-order chi connectivity index (χ1) is 8.31. The molecule has 0 saturated heterocycles. The summed E-state index contributed by atoms with van der Waals surface area (Å²) in [7, 11) is 1.71. The maximum absolute atomic E-state index is 5.09. The molecule has 2 rings (SSSR count). The molecule has 0 aromatic heterocycles. The second kappa shape index (κ2) is 5.46. The third-order valence-corrected chi connectivity index (χ3v) is 2.74. The number of benzene rings is 2. The Labute approximate surface area is 102 Å². The molecule has 0 N–H and O–H groups in total. The Kier molecular flexibility index (Phi) is 3.73. The quantitative estimate of drug-likeness (QED) is 0.765. The highest BCUT2D eigenvalue weighted by atomic mass is 16.5. The van der Waals surface area contributed by atoms with Gasteiger partial charge in [0, 0.05) is 7.11 Å². The summed E-state index contributed by atoms with van der Waals surface area (Å²) in [6.07, 6.45) is 0. The number of methoxy groups -OCH3 is 1. The first-order valence-corrected chi connectivity index (χ1v) is 5.64. The van der Waals surface area contributed by atoms with Gasteiger partial charge in [0.15, 0.2) is 0 Å². The molecule has 0 atom stereocenters. The van der Waals surface area contributed by atoms with Crippen LogP contribution in [0, 0.1) is 0 Å². The Morgan fingerprint density at radius 1 is 0.941 bits per heavy atom. The van der Waals surface area contributed by atoms with Gasteiger partial charge in [-0.05, 0) is 22.3 Å². The lowest BCUT2D eigenvalue weighted by atomic mass is 9.99. The second-order valence-corrected chi connectivity index (χ2v) is 3.97. The van der Waals surface area contributed by atoms with Crippen LogP contribution in [-0.2, 0) is 11.3 Å². The molecule has 0 fully saturated rings. The standard InChI is InChI=1S/C16H16O/c1-13(15-6-4-3-5-7-15)16-10-8-14(9-11-16)12-17-2/h3-11H,1,12H2,2H3. The molecule has 1 nitrogen and oxygen atoms in total. The molecular formula is C16H16O. The van der Waals surface area contributed by atoms with Gasteiger partial charge in [0.1, 0.15) is 0 Å². The summed E-state index contributed by atoms with van der Waals surface area (Å²) in [6.45, 7) is 4.79. The Balaban J connectivity index is 2.20. The largest absolute Gasteiger partial charge is 0.380 e. The van der Waals surface area contributed by atoms with Crippen molar-refractivity contribution in [2.75, 3.05) is 7.11 Å². The summed E-state index contributed by atoms with van der Waals surface area (Å²) < 4.78 is 5.09. The van der Waals surface area contributed by atoms with E-state index in [1.807, 2.05) is 18.2 Å². The second-order valence-electron chi connectivity index (χ2n) is 3.97. The van der Waals surface area contributed by atoms with Gasteiger partial charge in [0.05, 0.1) is 6.61 Å². The third kappa shape index (κ3) is 2.83. The van der Waals surface area contributed by atoms with Crippen LogP contribution in [0.1, 0.15) is 16.7 Å². The van der Waals surface area contributed by atoms with Crippen LogP contribution in [0.25, 0.3) is 5.57 Å². The predicted octanol–water partition coefficient (Wildman–Crippen LogP) is 3.89. The summed E-state index contributed by atoms with van der Waals surface area (Å²) in [5.74, 6) is 0. The molecule has 2 aromatic carbocycles. The fraction of sp³-hybridized carbons (Fsp3) is 0.125. The van der Waals surface area contributed by atoms with Crippen LogP contribution in [0.15, 0.2) is 61.2 Å². The van der Waals surface area contributed by atoms with Gasteiger partial charge in [-0.3, -0.25) is 0 Å². The van der Waals surface area contributed by atoms with Crippen molar-refractivity contribution >= 4 is 5.57 Å². The maximum atomic E-state index is 5.09. The summed E-state index contributed by atoms with van der Waals surface area (Å²) in [4.78, 5) is 0. The first kappa shape index (κ1) is 11.6. The minimum Gasteiger partial charge on any atom is -0.380 e. The van der Waals surface area contributed by atoms with E-state index in [9.17, 15) is 0 Å². The van der Waals surface area contributed by atoms with Crippen molar-refractivity contribution in [3.05, 3.63) is 77.9 Å². The first-order valence-electron chi connectivity index (χ1n) is 5.64. The number of hydrogen-bond donors (Lipinski definition) is 0. The molecule has 1 heteroatoms. The van der Waals surface area contributed by atoms with Crippen LogP contribution >= 0.6 is 0 Å². The molecule has 0 radical (unpaired) electrons. The molecule has 0 saturated carbocycles. The zero-order chi connectivity index (χ0) is 12.1. The SMILES string of the molecule is C=C(c1ccccc1)c1ccc(COC)cc1. The molecular weight excluding hydrogens is 208 g/mol. The Morgan fingerprint density at radius 2 is 1.53 bits per heavy atom. The van der Waals surface area contributed by atoms with Gasteiger partial charge in [-0.15, -0.1) is 0 Å². The molecule has 0 heterocycles. The van der Waals surface area contributed by atoms with Gasteiger partial charge in [0.2, 0.25) is 0 Å². The highest BCUT2D eigenvalue weighted by Crippen LogP contribution is 2.21. The van der Waals surface area contributed by atoms with Crippen LogP contribution in [-0.4, -0.2) is 7.11 Å². The van der Waals surface area contributed by atoms with Crippen molar-refractivity contribution in [1.29, 1.82) is 0 Å². The van der Waals surface area contributed by atoms with Crippen molar-refractivity contribution in [1.82, 2.24) is 0 Å². The molecule has 0 bridgehead atoms. The average Bonchev–Trinajstić information content (AvgIpc) is 2.40. The zero-order valence-corrected chi connectivity index (χ0v) is 10.0. The molecule has 0 aliphatic rings. The van der Waals surface area contributed by atoms with E-state index in [1.54, 1.807) is 7.11 Å². The van der Waals surface area contributed by atoms with Crippen molar-refractivity contribution in [2.24, 2.45) is 0 Å². The molecule has 0 unspecified atom stereocenters. The van der Waals surface area contributed by atoms with E-state index in [0.29, 0.717) is 6.61 Å². The van der Waals surface area contributed by atoms with Crippen LogP contribution in [0.4, 0.5) is 0 Å². The maximum Gasteiger partial charge on any atom is 0.0713 e. The lowest BCUT2D eigenvalue weighted by Crippen LogP contribution is -1.89. The van der Waals surface area contributed by atoms with Crippen molar-refractivity contribution in [3.63, 3.8) is 0 Å². The fourth-order valence-corrected chi connectivity index (χ4v) is 1.77. The molecule has 86 valence electrons. The van der Waals surface area contributed by atoms with Crippen molar-refractivity contribution in [3.8, 4) is 0 Å². The number of ether oxygens (including phenoxy) is 1. The van der Waals surface area contributed by atoms with Gasteiger partial charge in [-0.25, -0.2) is 0 Å². The monoisotopic (exact) mass is 224 g/mol. The molecule has 0 amide bonds. The zero-order valence-electron chi connectivity index (χ0n) is 10.0. The summed E-state index contributed by atoms with van der Waals surface area (Å²) in [5.41, 5.74) is 4.54. The van der Waals surface area contributed by atoms with E-state index in [1.165, 1.54) is 5.56 Å². The van der Waals surface area contributed by atoms with Gasteiger partial charge >= 0.3 is 0 Å². The smallest absolute Gasteiger partial charge is 0.0713 e. The number of rotatable bonds is 4. The lowest BCUT2D eigenvalue weighted by molar-refractivity contribution is 0.185. The van der Waals surface area contributed by atoms with E-state index in [-0.39, 0.29) is 0 Å². The molecule has 0 aliphatic carbocycles. The van der Waals surface area contributed by atoms with E-state index < -0.39 is 0 Å². The van der Waals surface area contributed by atoms with Gasteiger partial charge in [0.25, 0.3) is 0 Å². The van der Waals surface area contributed by atoms with Crippen LogP contribution in [0.2, 0.25) is 0 Å². The predicted molar refractivity (Wildman–Crippen MR) is 71.7 cm³/mol. The minimum absolute atomic E-state index is 0.651. The third-order valence-electron chi connectivity index (χ3n) is 2.74. The number of hydrogen-bond acceptors (Lipinski definition) is 1. The average molecular weight is 224 g/mol. The lowest BCUT2D eigenvalue weighted by Gasteiger charge is -2.07. The molecule has 2 aromatic rings. The fourth-order valence-electron chi connectivity index (χ4n) is 1.77. The highest BCUT2D eigenvalue weighted by Gasteiger charge is 2.01. The van der Waals surface area contributed by atoms with E-state index >= 15 is 0 Å². The van der Waals surface area contributed by atoms with Gasteiger partial charge in [-0.1, -0.05) is 61.2 Å². The highest BCUT2D eigenvalue weighted by molar-refractivity contribution is 5.77. The Hall–Kier alpha value is -1.86. The Bertz CT molecular complexity index is 483. The summed E-state index contributed by atoms with van der Waals surface area (Å²) >= 11 is 0. The van der Waals surface area contributed by atoms with Crippen LogP contribution in [0.3, 0.4) is 0 Å². The molecule has 0 aliphatic heterocycles. The topological polar surface area (TPSA) is 9.23 Å². The summed E-state index contributed by atoms with van der Waals surface area (Å²) in [6, 6.07) is 18.5. The molecule has 0 spiro atoms. The van der Waals surface area contributed by atoms with Gasteiger partial charge < -0.3 is 4.74 Å². The van der Waals surface area contributed by atoms with E-state index in [4.69, 9.17) is 4.74 Å².